The Morgan fingerprint density at radius 1 is 0.889 bits per heavy atom. The summed E-state index contributed by atoms with van der Waals surface area (Å²) in [6, 6.07) is 11.5. The highest BCUT2D eigenvalue weighted by molar-refractivity contribution is 5.98. The normalized spacial score (nSPS) is 16.1. The number of carbonyl (C=O) groups excluding carboxylic acids is 1. The van der Waals surface area contributed by atoms with E-state index in [1.54, 1.807) is 26.4 Å². The minimum atomic E-state index is -0.0659. The second-order valence-electron chi connectivity index (χ2n) is 6.39. The molecule has 27 heavy (non-hydrogen) atoms. The van der Waals surface area contributed by atoms with Crippen molar-refractivity contribution < 1.29 is 23.7 Å². The highest BCUT2D eigenvalue weighted by Crippen LogP contribution is 2.41. The van der Waals surface area contributed by atoms with E-state index < -0.39 is 0 Å². The first kappa shape index (κ1) is 18.9. The van der Waals surface area contributed by atoms with Crippen LogP contribution in [0.25, 0.3) is 0 Å². The fourth-order valence-electron chi connectivity index (χ4n) is 3.53. The van der Waals surface area contributed by atoms with Crippen molar-refractivity contribution in [2.45, 2.75) is 12.3 Å². The average molecular weight is 371 g/mol. The van der Waals surface area contributed by atoms with Gasteiger partial charge in [0.25, 0.3) is 5.91 Å². The first-order valence-electron chi connectivity index (χ1n) is 8.85. The monoisotopic (exact) mass is 371 g/mol. The van der Waals surface area contributed by atoms with Crippen LogP contribution in [-0.2, 0) is 0 Å². The summed E-state index contributed by atoms with van der Waals surface area (Å²) >= 11 is 0. The molecule has 1 saturated heterocycles. The molecule has 144 valence electrons. The lowest BCUT2D eigenvalue weighted by Crippen LogP contribution is -2.29. The summed E-state index contributed by atoms with van der Waals surface area (Å²) in [6.07, 6.45) is 0.924. The van der Waals surface area contributed by atoms with Crippen LogP contribution in [0.4, 0.5) is 0 Å². The van der Waals surface area contributed by atoms with Crippen LogP contribution < -0.4 is 18.9 Å². The van der Waals surface area contributed by atoms with E-state index in [-0.39, 0.29) is 5.91 Å². The van der Waals surface area contributed by atoms with Crippen LogP contribution in [0.5, 0.6) is 23.0 Å². The van der Waals surface area contributed by atoms with Crippen molar-refractivity contribution in [2.75, 3.05) is 41.5 Å². The Morgan fingerprint density at radius 3 is 2.19 bits per heavy atom. The van der Waals surface area contributed by atoms with Gasteiger partial charge >= 0.3 is 0 Å². The van der Waals surface area contributed by atoms with E-state index in [2.05, 4.69) is 12.1 Å². The molecule has 1 amide bonds. The Hall–Kier alpha value is -2.89. The minimum Gasteiger partial charge on any atom is -0.497 e. The van der Waals surface area contributed by atoms with Crippen LogP contribution >= 0.6 is 0 Å². The molecule has 0 N–H and O–H groups in total. The first-order valence-corrected chi connectivity index (χ1v) is 8.85. The number of hydrogen-bond donors (Lipinski definition) is 0. The Labute approximate surface area is 159 Å². The van der Waals surface area contributed by atoms with Gasteiger partial charge in [0, 0.05) is 19.0 Å². The van der Waals surface area contributed by atoms with Gasteiger partial charge in [0.2, 0.25) is 5.75 Å². The largest absolute Gasteiger partial charge is 0.497 e. The SMILES string of the molecule is COc1ccc(C2CCN(C(=O)c3ccc(OC)c(OC)c3OC)C2)cc1. The smallest absolute Gasteiger partial charge is 0.257 e. The summed E-state index contributed by atoms with van der Waals surface area (Å²) in [6.45, 7) is 1.37. The standard InChI is InChI=1S/C21H25NO5/c1-24-16-7-5-14(6-8-16)15-11-12-22(13-15)21(23)17-9-10-18(25-2)20(27-4)19(17)26-3/h5-10,15H,11-13H2,1-4H3. The quantitative estimate of drug-likeness (QED) is 0.779. The van der Waals surface area contributed by atoms with Crippen LogP contribution in [0.2, 0.25) is 0 Å². The summed E-state index contributed by atoms with van der Waals surface area (Å²) in [7, 11) is 6.27. The number of carbonyl (C=O) groups is 1. The third kappa shape index (κ3) is 3.65. The molecule has 0 bridgehead atoms. The second-order valence-corrected chi connectivity index (χ2v) is 6.39. The van der Waals surface area contributed by atoms with Gasteiger partial charge in [-0.15, -0.1) is 0 Å². The third-order valence-electron chi connectivity index (χ3n) is 5.00. The molecule has 0 aliphatic carbocycles. The van der Waals surface area contributed by atoms with Gasteiger partial charge in [0.1, 0.15) is 5.75 Å². The van der Waals surface area contributed by atoms with Gasteiger partial charge in [-0.2, -0.15) is 0 Å². The van der Waals surface area contributed by atoms with E-state index in [1.807, 2.05) is 17.0 Å². The van der Waals surface area contributed by atoms with Crippen molar-refractivity contribution >= 4 is 5.91 Å². The zero-order valence-corrected chi connectivity index (χ0v) is 16.2. The minimum absolute atomic E-state index is 0.0659. The van der Waals surface area contributed by atoms with Gasteiger partial charge in [0.05, 0.1) is 34.0 Å². The van der Waals surface area contributed by atoms with Crippen LogP contribution in [0.1, 0.15) is 28.3 Å². The van der Waals surface area contributed by atoms with Crippen LogP contribution in [0.15, 0.2) is 36.4 Å². The number of methoxy groups -OCH3 is 4. The second kappa shape index (κ2) is 8.20. The summed E-state index contributed by atoms with van der Waals surface area (Å²) < 4.78 is 21.4. The molecule has 2 aromatic rings. The molecule has 1 aliphatic heterocycles. The molecule has 1 unspecified atom stereocenters. The van der Waals surface area contributed by atoms with E-state index in [4.69, 9.17) is 18.9 Å². The molecule has 1 heterocycles. The molecular formula is C21H25NO5. The van der Waals surface area contributed by atoms with Crippen molar-refractivity contribution in [2.24, 2.45) is 0 Å². The zero-order valence-electron chi connectivity index (χ0n) is 16.2. The van der Waals surface area contributed by atoms with Crippen molar-refractivity contribution in [3.63, 3.8) is 0 Å². The van der Waals surface area contributed by atoms with Gasteiger partial charge in [-0.05, 0) is 36.2 Å². The molecule has 0 saturated carbocycles. The Bertz CT molecular complexity index is 803. The molecule has 0 spiro atoms. The Morgan fingerprint density at radius 2 is 1.59 bits per heavy atom. The molecule has 0 aromatic heterocycles. The molecule has 6 heteroatoms. The van der Waals surface area contributed by atoms with E-state index >= 15 is 0 Å². The molecule has 1 atom stereocenters. The maximum Gasteiger partial charge on any atom is 0.257 e. The van der Waals surface area contributed by atoms with Gasteiger partial charge in [-0.25, -0.2) is 0 Å². The highest BCUT2D eigenvalue weighted by atomic mass is 16.5. The molecule has 1 fully saturated rings. The maximum absolute atomic E-state index is 13.1. The number of nitrogens with zero attached hydrogens (tertiary/aromatic N) is 1. The lowest BCUT2D eigenvalue weighted by molar-refractivity contribution is 0.0786. The van der Waals surface area contributed by atoms with Crippen molar-refractivity contribution in [3.05, 3.63) is 47.5 Å². The van der Waals surface area contributed by atoms with Crippen molar-refractivity contribution in [1.82, 2.24) is 4.90 Å². The number of likely N-dealkylation sites (tertiary alicyclic amines) is 1. The van der Waals surface area contributed by atoms with Gasteiger partial charge in [-0.1, -0.05) is 12.1 Å². The van der Waals surface area contributed by atoms with Gasteiger partial charge in [0.15, 0.2) is 11.5 Å². The van der Waals surface area contributed by atoms with Crippen molar-refractivity contribution in [3.8, 4) is 23.0 Å². The topological polar surface area (TPSA) is 57.2 Å². The average Bonchev–Trinajstić information content (AvgIpc) is 3.22. The van der Waals surface area contributed by atoms with Crippen LogP contribution in [0.3, 0.4) is 0 Å². The summed E-state index contributed by atoms with van der Waals surface area (Å²) in [5.41, 5.74) is 1.69. The molecule has 6 nitrogen and oxygen atoms in total. The fourth-order valence-corrected chi connectivity index (χ4v) is 3.53. The molecule has 2 aromatic carbocycles. The lowest BCUT2D eigenvalue weighted by Gasteiger charge is -2.20. The summed E-state index contributed by atoms with van der Waals surface area (Å²) in [4.78, 5) is 15.0. The molecule has 0 radical (unpaired) electrons. The van der Waals surface area contributed by atoms with Crippen LogP contribution in [0, 0.1) is 0 Å². The number of hydrogen-bond acceptors (Lipinski definition) is 5. The van der Waals surface area contributed by atoms with Gasteiger partial charge < -0.3 is 23.8 Å². The number of rotatable bonds is 6. The summed E-state index contributed by atoms with van der Waals surface area (Å²) in [5, 5.41) is 0. The molecule has 3 rings (SSSR count). The van der Waals surface area contributed by atoms with E-state index in [9.17, 15) is 4.79 Å². The van der Waals surface area contributed by atoms with E-state index in [1.165, 1.54) is 19.8 Å². The molecular weight excluding hydrogens is 346 g/mol. The van der Waals surface area contributed by atoms with Crippen LogP contribution in [-0.4, -0.2) is 52.3 Å². The third-order valence-corrected chi connectivity index (χ3v) is 5.00. The zero-order chi connectivity index (χ0) is 19.4. The van der Waals surface area contributed by atoms with Gasteiger partial charge in [-0.3, -0.25) is 4.79 Å². The highest BCUT2D eigenvalue weighted by Gasteiger charge is 2.31. The lowest BCUT2D eigenvalue weighted by atomic mass is 9.98. The Balaban J connectivity index is 1.80. The van der Waals surface area contributed by atoms with E-state index in [0.717, 1.165) is 12.2 Å². The fraction of sp³-hybridized carbons (Fsp3) is 0.381. The number of ether oxygens (including phenoxy) is 4. The van der Waals surface area contributed by atoms with E-state index in [0.29, 0.717) is 41.8 Å². The Kier molecular flexibility index (Phi) is 5.74. The predicted molar refractivity (Wildman–Crippen MR) is 102 cm³/mol. The maximum atomic E-state index is 13.1. The predicted octanol–water partition coefficient (Wildman–Crippen LogP) is 3.35. The summed E-state index contributed by atoms with van der Waals surface area (Å²) in [5.74, 6) is 2.43. The number of benzene rings is 2. The first-order chi connectivity index (χ1) is 13.1. The molecule has 1 aliphatic rings. The number of amides is 1. The van der Waals surface area contributed by atoms with Crippen molar-refractivity contribution in [1.29, 1.82) is 0 Å².